The van der Waals surface area contributed by atoms with Gasteiger partial charge in [-0.15, -0.1) is 0 Å². The lowest BCUT2D eigenvalue weighted by molar-refractivity contribution is 0.373. The lowest BCUT2D eigenvalue weighted by atomic mass is 10.2. The van der Waals surface area contributed by atoms with Gasteiger partial charge in [-0.2, -0.15) is 0 Å². The summed E-state index contributed by atoms with van der Waals surface area (Å²) in [7, 11) is 1.51. The zero-order chi connectivity index (χ0) is 13.0. The van der Waals surface area contributed by atoms with Gasteiger partial charge in [0.05, 0.1) is 12.8 Å². The summed E-state index contributed by atoms with van der Waals surface area (Å²) in [4.78, 5) is 4.30. The molecule has 2 aromatic rings. The Labute approximate surface area is 110 Å². The van der Waals surface area contributed by atoms with Gasteiger partial charge in [-0.3, -0.25) is 4.99 Å². The lowest BCUT2D eigenvalue weighted by Crippen LogP contribution is -1.86. The second kappa shape index (κ2) is 5.56. The van der Waals surface area contributed by atoms with Gasteiger partial charge in [-0.1, -0.05) is 17.7 Å². The van der Waals surface area contributed by atoms with E-state index in [9.17, 15) is 5.11 Å². The van der Waals surface area contributed by atoms with Gasteiger partial charge in [0.2, 0.25) is 0 Å². The molecule has 0 saturated heterocycles. The second-order valence-electron chi connectivity index (χ2n) is 3.67. The quantitative estimate of drug-likeness (QED) is 0.854. The van der Waals surface area contributed by atoms with E-state index in [1.54, 1.807) is 36.5 Å². The van der Waals surface area contributed by atoms with E-state index in [0.29, 0.717) is 10.8 Å². The van der Waals surface area contributed by atoms with Crippen LogP contribution in [0.25, 0.3) is 0 Å². The molecule has 0 amide bonds. The first-order chi connectivity index (χ1) is 8.69. The van der Waals surface area contributed by atoms with E-state index >= 15 is 0 Å². The minimum absolute atomic E-state index is 0.109. The Morgan fingerprint density at radius 2 is 2.06 bits per heavy atom. The van der Waals surface area contributed by atoms with Crippen molar-refractivity contribution in [3.63, 3.8) is 0 Å². The van der Waals surface area contributed by atoms with Crippen LogP contribution in [0.2, 0.25) is 5.02 Å². The van der Waals surface area contributed by atoms with Crippen molar-refractivity contribution >= 4 is 23.5 Å². The van der Waals surface area contributed by atoms with Crippen LogP contribution in [0.3, 0.4) is 0 Å². The molecule has 0 spiro atoms. The van der Waals surface area contributed by atoms with Crippen molar-refractivity contribution in [3.05, 3.63) is 53.1 Å². The Morgan fingerprint density at radius 3 is 2.78 bits per heavy atom. The molecule has 0 saturated carbocycles. The van der Waals surface area contributed by atoms with Crippen LogP contribution < -0.4 is 4.74 Å². The molecule has 2 aromatic carbocycles. The van der Waals surface area contributed by atoms with Crippen LogP contribution >= 0.6 is 11.6 Å². The number of aromatic hydroxyl groups is 1. The average Bonchev–Trinajstić information content (AvgIpc) is 2.38. The molecule has 4 heteroatoms. The molecule has 0 atom stereocenters. The number of methoxy groups -OCH3 is 1. The molecule has 18 heavy (non-hydrogen) atoms. The Hall–Kier alpha value is -2.00. The Kier molecular flexibility index (Phi) is 3.85. The highest BCUT2D eigenvalue weighted by Gasteiger charge is 2.00. The number of hydrogen-bond acceptors (Lipinski definition) is 3. The van der Waals surface area contributed by atoms with Crippen LogP contribution in [0, 0.1) is 0 Å². The molecule has 1 N–H and O–H groups in total. The number of phenolic OH excluding ortho intramolecular Hbond substituents is 1. The van der Waals surface area contributed by atoms with E-state index in [4.69, 9.17) is 16.3 Å². The summed E-state index contributed by atoms with van der Waals surface area (Å²) in [5, 5.41) is 10.1. The molecule has 3 nitrogen and oxygen atoms in total. The van der Waals surface area contributed by atoms with Gasteiger partial charge in [0.1, 0.15) is 0 Å². The van der Waals surface area contributed by atoms with Crippen LogP contribution in [0.1, 0.15) is 5.56 Å². The van der Waals surface area contributed by atoms with Crippen LogP contribution in [0.15, 0.2) is 47.5 Å². The van der Waals surface area contributed by atoms with Crippen molar-refractivity contribution in [1.29, 1.82) is 0 Å². The highest BCUT2D eigenvalue weighted by Crippen LogP contribution is 2.26. The van der Waals surface area contributed by atoms with E-state index < -0.39 is 0 Å². The molecular weight excluding hydrogens is 250 g/mol. The molecule has 92 valence electrons. The molecule has 0 aliphatic heterocycles. The first kappa shape index (κ1) is 12.5. The second-order valence-corrected chi connectivity index (χ2v) is 4.11. The number of nitrogens with zero attached hydrogens (tertiary/aromatic N) is 1. The molecule has 2 rings (SSSR count). The predicted octanol–water partition coefficient (Wildman–Crippen LogP) is 3.80. The van der Waals surface area contributed by atoms with E-state index in [-0.39, 0.29) is 5.75 Å². The molecule has 0 aliphatic rings. The predicted molar refractivity (Wildman–Crippen MR) is 73.4 cm³/mol. The van der Waals surface area contributed by atoms with Crippen molar-refractivity contribution in [1.82, 2.24) is 0 Å². The number of hydrogen-bond donors (Lipinski definition) is 1. The third kappa shape index (κ3) is 3.02. The summed E-state index contributed by atoms with van der Waals surface area (Å²) in [5.41, 5.74) is 1.61. The van der Waals surface area contributed by atoms with Gasteiger partial charge in [0.25, 0.3) is 0 Å². The standard InChI is InChI=1S/C14H12ClNO2/c1-18-14-7-10(5-6-13(14)17)9-16-12-4-2-3-11(15)8-12/h2-9,17H,1H3. The molecular formula is C14H12ClNO2. The average molecular weight is 262 g/mol. The number of ether oxygens (including phenoxy) is 1. The number of phenols is 1. The minimum atomic E-state index is 0.109. The fourth-order valence-electron chi connectivity index (χ4n) is 1.48. The third-order valence-electron chi connectivity index (χ3n) is 2.37. The van der Waals surface area contributed by atoms with Gasteiger partial charge in [0.15, 0.2) is 11.5 Å². The van der Waals surface area contributed by atoms with Gasteiger partial charge < -0.3 is 9.84 Å². The Bertz CT molecular complexity index is 582. The number of halogens is 1. The summed E-state index contributed by atoms with van der Waals surface area (Å²) >= 11 is 5.87. The normalized spacial score (nSPS) is 10.8. The van der Waals surface area contributed by atoms with Gasteiger partial charge in [-0.25, -0.2) is 0 Å². The number of benzene rings is 2. The smallest absolute Gasteiger partial charge is 0.161 e. The summed E-state index contributed by atoms with van der Waals surface area (Å²) in [6.07, 6.45) is 1.69. The van der Waals surface area contributed by atoms with Crippen LogP contribution in [-0.2, 0) is 0 Å². The first-order valence-electron chi connectivity index (χ1n) is 5.35. The van der Waals surface area contributed by atoms with Crippen molar-refractivity contribution in [2.75, 3.05) is 7.11 Å². The third-order valence-corrected chi connectivity index (χ3v) is 2.61. The van der Waals surface area contributed by atoms with Gasteiger partial charge in [-0.05, 0) is 42.0 Å². The molecule has 0 heterocycles. The lowest BCUT2D eigenvalue weighted by Gasteiger charge is -2.03. The maximum atomic E-state index is 9.47. The molecule has 0 radical (unpaired) electrons. The van der Waals surface area contributed by atoms with Gasteiger partial charge >= 0.3 is 0 Å². The zero-order valence-electron chi connectivity index (χ0n) is 9.80. The zero-order valence-corrected chi connectivity index (χ0v) is 10.6. The van der Waals surface area contributed by atoms with Crippen molar-refractivity contribution < 1.29 is 9.84 Å². The van der Waals surface area contributed by atoms with Crippen LogP contribution in [0.5, 0.6) is 11.5 Å². The maximum Gasteiger partial charge on any atom is 0.161 e. The van der Waals surface area contributed by atoms with Crippen molar-refractivity contribution in [2.45, 2.75) is 0 Å². The molecule has 0 aromatic heterocycles. The van der Waals surface area contributed by atoms with E-state index in [1.165, 1.54) is 7.11 Å². The van der Waals surface area contributed by atoms with Crippen LogP contribution in [-0.4, -0.2) is 18.4 Å². The minimum Gasteiger partial charge on any atom is -0.504 e. The first-order valence-corrected chi connectivity index (χ1v) is 5.73. The van der Waals surface area contributed by atoms with Gasteiger partial charge in [0, 0.05) is 11.2 Å². The van der Waals surface area contributed by atoms with E-state index in [1.807, 2.05) is 12.1 Å². The van der Waals surface area contributed by atoms with Crippen molar-refractivity contribution in [3.8, 4) is 11.5 Å². The summed E-state index contributed by atoms with van der Waals surface area (Å²) in [5.74, 6) is 0.530. The fourth-order valence-corrected chi connectivity index (χ4v) is 1.66. The largest absolute Gasteiger partial charge is 0.504 e. The Morgan fingerprint density at radius 1 is 1.22 bits per heavy atom. The summed E-state index contributed by atoms with van der Waals surface area (Å²) in [6.45, 7) is 0. The maximum absolute atomic E-state index is 9.47. The van der Waals surface area contributed by atoms with E-state index in [0.717, 1.165) is 11.3 Å². The molecule has 0 bridgehead atoms. The molecule has 0 unspecified atom stereocenters. The number of aliphatic imine (C=N–C) groups is 1. The SMILES string of the molecule is COc1cc(C=Nc2cccc(Cl)c2)ccc1O. The topological polar surface area (TPSA) is 41.8 Å². The fraction of sp³-hybridized carbons (Fsp3) is 0.0714. The number of rotatable bonds is 3. The monoisotopic (exact) mass is 261 g/mol. The summed E-state index contributed by atoms with van der Waals surface area (Å²) < 4.78 is 5.02. The molecule has 0 fully saturated rings. The van der Waals surface area contributed by atoms with E-state index in [2.05, 4.69) is 4.99 Å². The Balaban J connectivity index is 2.23. The van der Waals surface area contributed by atoms with Crippen LogP contribution in [0.4, 0.5) is 5.69 Å². The molecule has 0 aliphatic carbocycles. The van der Waals surface area contributed by atoms with Crippen molar-refractivity contribution in [2.24, 2.45) is 4.99 Å². The highest BCUT2D eigenvalue weighted by atomic mass is 35.5. The highest BCUT2D eigenvalue weighted by molar-refractivity contribution is 6.30. The summed E-state index contributed by atoms with van der Waals surface area (Å²) in [6, 6.07) is 12.3.